The molecule has 0 saturated carbocycles. The SMILES string of the molecule is C=CCn1c(S[C@H](C(=O)NC(N)=O)C(C)C)nc2ccc(Cl)cc2c1=O. The molecule has 9 heteroatoms. The van der Waals surface area contributed by atoms with Gasteiger partial charge in [0.2, 0.25) is 5.91 Å². The minimum atomic E-state index is -0.925. The van der Waals surface area contributed by atoms with Crippen LogP contribution >= 0.6 is 23.4 Å². The van der Waals surface area contributed by atoms with Gasteiger partial charge in [-0.1, -0.05) is 43.3 Å². The van der Waals surface area contributed by atoms with Crippen LogP contribution in [-0.4, -0.2) is 26.7 Å². The topological polar surface area (TPSA) is 107 Å². The number of carbonyl (C=O) groups is 2. The highest BCUT2D eigenvalue weighted by molar-refractivity contribution is 8.00. The third kappa shape index (κ3) is 4.44. The maximum Gasteiger partial charge on any atom is 0.318 e. The fourth-order valence-corrected chi connectivity index (χ4v) is 3.62. The van der Waals surface area contributed by atoms with E-state index in [1.165, 1.54) is 4.57 Å². The van der Waals surface area contributed by atoms with Crippen LogP contribution in [0.3, 0.4) is 0 Å². The summed E-state index contributed by atoms with van der Waals surface area (Å²) in [5.41, 5.74) is 5.23. The summed E-state index contributed by atoms with van der Waals surface area (Å²) in [6.45, 7) is 7.54. The van der Waals surface area contributed by atoms with Gasteiger partial charge in [-0.2, -0.15) is 0 Å². The summed E-state index contributed by atoms with van der Waals surface area (Å²) in [6.07, 6.45) is 1.57. The van der Waals surface area contributed by atoms with Crippen molar-refractivity contribution >= 4 is 46.2 Å². The average Bonchev–Trinajstić information content (AvgIpc) is 2.55. The molecule has 0 radical (unpaired) electrons. The first kappa shape index (κ1) is 20.0. The van der Waals surface area contributed by atoms with E-state index in [-0.39, 0.29) is 18.0 Å². The van der Waals surface area contributed by atoms with Gasteiger partial charge in [0, 0.05) is 11.6 Å². The van der Waals surface area contributed by atoms with Gasteiger partial charge in [0.1, 0.15) is 0 Å². The fourth-order valence-electron chi connectivity index (χ4n) is 2.35. The highest BCUT2D eigenvalue weighted by atomic mass is 35.5. The second-order valence-electron chi connectivity index (χ2n) is 5.90. The summed E-state index contributed by atoms with van der Waals surface area (Å²) in [5.74, 6) is -0.664. The number of nitrogens with zero attached hydrogens (tertiary/aromatic N) is 2. The lowest BCUT2D eigenvalue weighted by Crippen LogP contribution is -2.42. The molecule has 1 aromatic carbocycles. The van der Waals surface area contributed by atoms with Crippen LogP contribution in [0.4, 0.5) is 4.79 Å². The first-order chi connectivity index (χ1) is 12.2. The standard InChI is InChI=1S/C17H19ClN4O3S/c1-4-7-22-15(24)11-8-10(18)5-6-12(11)20-17(22)26-13(9(2)3)14(23)21-16(19)25/h4-6,8-9,13H,1,7H2,2-3H3,(H3,19,21,23,25)/t13-/m0/s1. The molecule has 2 aromatic rings. The Labute approximate surface area is 159 Å². The molecule has 3 amide bonds. The maximum absolute atomic E-state index is 12.8. The molecule has 1 aromatic heterocycles. The van der Waals surface area contributed by atoms with Crippen molar-refractivity contribution in [1.82, 2.24) is 14.9 Å². The smallest absolute Gasteiger partial charge is 0.318 e. The number of aromatic nitrogens is 2. The molecular weight excluding hydrogens is 376 g/mol. The van der Waals surface area contributed by atoms with Gasteiger partial charge >= 0.3 is 6.03 Å². The minimum Gasteiger partial charge on any atom is -0.351 e. The zero-order valence-electron chi connectivity index (χ0n) is 14.4. The van der Waals surface area contributed by atoms with E-state index >= 15 is 0 Å². The van der Waals surface area contributed by atoms with Crippen LogP contribution in [0, 0.1) is 5.92 Å². The first-order valence-electron chi connectivity index (χ1n) is 7.82. The van der Waals surface area contributed by atoms with Crippen molar-refractivity contribution in [2.45, 2.75) is 30.8 Å². The molecule has 2 rings (SSSR count). The molecule has 0 saturated heterocycles. The number of thioether (sulfide) groups is 1. The molecule has 0 aliphatic carbocycles. The lowest BCUT2D eigenvalue weighted by atomic mass is 10.1. The number of urea groups is 1. The lowest BCUT2D eigenvalue weighted by molar-refractivity contribution is -0.120. The minimum absolute atomic E-state index is 0.130. The fraction of sp³-hybridized carbons (Fsp3) is 0.294. The number of amides is 3. The molecule has 1 heterocycles. The molecule has 138 valence electrons. The van der Waals surface area contributed by atoms with E-state index in [1.807, 2.05) is 13.8 Å². The van der Waals surface area contributed by atoms with Gasteiger partial charge < -0.3 is 5.73 Å². The largest absolute Gasteiger partial charge is 0.351 e. The third-order valence-corrected chi connectivity index (χ3v) is 5.31. The van der Waals surface area contributed by atoms with E-state index < -0.39 is 17.2 Å². The van der Waals surface area contributed by atoms with Gasteiger partial charge in [-0.25, -0.2) is 9.78 Å². The summed E-state index contributed by atoms with van der Waals surface area (Å²) < 4.78 is 1.42. The van der Waals surface area contributed by atoms with Crippen molar-refractivity contribution in [3.63, 3.8) is 0 Å². The van der Waals surface area contributed by atoms with Crippen molar-refractivity contribution < 1.29 is 9.59 Å². The van der Waals surface area contributed by atoms with Crippen molar-refractivity contribution in [2.24, 2.45) is 11.7 Å². The molecule has 0 unspecified atom stereocenters. The van der Waals surface area contributed by atoms with Crippen LogP contribution in [0.2, 0.25) is 5.02 Å². The van der Waals surface area contributed by atoms with E-state index in [0.29, 0.717) is 21.1 Å². The molecular formula is C17H19ClN4O3S. The van der Waals surface area contributed by atoms with Gasteiger partial charge in [-0.05, 0) is 24.1 Å². The number of nitrogens with one attached hydrogen (secondary N) is 1. The van der Waals surface area contributed by atoms with Gasteiger partial charge in [0.25, 0.3) is 5.56 Å². The average molecular weight is 395 g/mol. The van der Waals surface area contributed by atoms with Gasteiger partial charge in [0.05, 0.1) is 16.2 Å². The van der Waals surface area contributed by atoms with E-state index in [9.17, 15) is 14.4 Å². The summed E-state index contributed by atoms with van der Waals surface area (Å²) in [6, 6.07) is 3.92. The van der Waals surface area contributed by atoms with Gasteiger partial charge in [-0.15, -0.1) is 6.58 Å². The highest BCUT2D eigenvalue weighted by Crippen LogP contribution is 2.28. The van der Waals surface area contributed by atoms with Gasteiger partial charge in [0.15, 0.2) is 5.16 Å². The van der Waals surface area contributed by atoms with Crippen LogP contribution in [0.25, 0.3) is 10.9 Å². The summed E-state index contributed by atoms with van der Waals surface area (Å²) in [4.78, 5) is 40.6. The number of rotatable bonds is 6. The second kappa shape index (κ2) is 8.37. The van der Waals surface area contributed by atoms with Crippen LogP contribution in [0.5, 0.6) is 0 Å². The summed E-state index contributed by atoms with van der Waals surface area (Å²) in [7, 11) is 0. The number of benzene rings is 1. The number of primary amides is 1. The van der Waals surface area contributed by atoms with E-state index in [0.717, 1.165) is 11.8 Å². The number of fused-ring (bicyclic) bond motifs is 1. The molecule has 0 spiro atoms. The molecule has 0 bridgehead atoms. The quantitative estimate of drug-likeness (QED) is 0.444. The van der Waals surface area contributed by atoms with Crippen LogP contribution < -0.4 is 16.6 Å². The zero-order valence-corrected chi connectivity index (χ0v) is 15.9. The lowest BCUT2D eigenvalue weighted by Gasteiger charge is -2.20. The Morgan fingerprint density at radius 3 is 2.73 bits per heavy atom. The Balaban J connectivity index is 2.55. The highest BCUT2D eigenvalue weighted by Gasteiger charge is 2.27. The van der Waals surface area contributed by atoms with Crippen molar-refractivity contribution in [3.8, 4) is 0 Å². The first-order valence-corrected chi connectivity index (χ1v) is 9.08. The predicted molar refractivity (Wildman–Crippen MR) is 103 cm³/mol. The normalized spacial score (nSPS) is 12.2. The van der Waals surface area contributed by atoms with Crippen LogP contribution in [0.15, 0.2) is 40.8 Å². The van der Waals surface area contributed by atoms with Gasteiger partial charge in [-0.3, -0.25) is 19.5 Å². The Morgan fingerprint density at radius 1 is 1.46 bits per heavy atom. The summed E-state index contributed by atoms with van der Waals surface area (Å²) in [5, 5.41) is 2.59. The van der Waals surface area contributed by atoms with Crippen molar-refractivity contribution in [2.75, 3.05) is 0 Å². The Hall–Kier alpha value is -2.32. The van der Waals surface area contributed by atoms with E-state index in [1.54, 1.807) is 24.3 Å². The monoisotopic (exact) mass is 394 g/mol. The number of carbonyl (C=O) groups excluding carboxylic acids is 2. The van der Waals surface area contributed by atoms with E-state index in [4.69, 9.17) is 17.3 Å². The maximum atomic E-state index is 12.8. The Morgan fingerprint density at radius 2 is 2.15 bits per heavy atom. The molecule has 0 fully saturated rings. The molecule has 0 aliphatic rings. The molecule has 1 atom stereocenters. The Kier molecular flexibility index (Phi) is 6.44. The van der Waals surface area contributed by atoms with E-state index in [2.05, 4.69) is 16.9 Å². The number of halogens is 1. The second-order valence-corrected chi connectivity index (χ2v) is 7.44. The molecule has 3 N–H and O–H groups in total. The Bertz CT molecular complexity index is 926. The molecule has 7 nitrogen and oxygen atoms in total. The predicted octanol–water partition coefficient (Wildman–Crippen LogP) is 2.55. The van der Waals surface area contributed by atoms with Crippen molar-refractivity contribution in [1.29, 1.82) is 0 Å². The third-order valence-electron chi connectivity index (χ3n) is 3.54. The molecule has 26 heavy (non-hydrogen) atoms. The number of nitrogens with two attached hydrogens (primary N) is 1. The number of allylic oxidation sites excluding steroid dienone is 1. The van der Waals surface area contributed by atoms with Crippen molar-refractivity contribution in [3.05, 3.63) is 46.2 Å². The van der Waals surface area contributed by atoms with Crippen LogP contribution in [0.1, 0.15) is 13.8 Å². The number of imide groups is 1. The molecule has 0 aliphatic heterocycles. The van der Waals surface area contributed by atoms with Crippen LogP contribution in [-0.2, 0) is 11.3 Å². The number of hydrogen-bond donors (Lipinski definition) is 2. The number of hydrogen-bond acceptors (Lipinski definition) is 5. The summed E-state index contributed by atoms with van der Waals surface area (Å²) >= 11 is 7.08. The zero-order chi connectivity index (χ0) is 19.4.